The molecule has 6 nitrogen and oxygen atoms in total. The lowest BCUT2D eigenvalue weighted by Gasteiger charge is -2.13. The fourth-order valence-corrected chi connectivity index (χ4v) is 3.50. The fraction of sp³-hybridized carbons (Fsp3) is 0.0870. The lowest BCUT2D eigenvalue weighted by Crippen LogP contribution is -2.22. The number of hydrogen-bond donors (Lipinski definition) is 1. The average Bonchev–Trinajstić information content (AvgIpc) is 2.74. The Kier molecular flexibility index (Phi) is 5.25. The highest BCUT2D eigenvalue weighted by Crippen LogP contribution is 2.24. The first-order chi connectivity index (χ1) is 14.5. The van der Waals surface area contributed by atoms with E-state index < -0.39 is 0 Å². The van der Waals surface area contributed by atoms with E-state index in [1.54, 1.807) is 61.5 Å². The number of anilines is 1. The molecule has 0 unspecified atom stereocenters. The highest BCUT2D eigenvalue weighted by atomic mass is 35.5. The molecule has 0 bridgehead atoms. The number of amides is 1. The molecule has 7 heteroatoms. The largest absolute Gasteiger partial charge is 0.496 e. The maximum Gasteiger partial charge on any atom is 0.265 e. The molecule has 0 saturated heterocycles. The summed E-state index contributed by atoms with van der Waals surface area (Å²) in [6.07, 6.45) is 0. The molecule has 4 rings (SSSR count). The number of ether oxygens (including phenoxy) is 1. The molecule has 0 aliphatic rings. The fourth-order valence-electron chi connectivity index (χ4n) is 3.33. The van der Waals surface area contributed by atoms with Gasteiger partial charge in [0.2, 0.25) is 0 Å². The van der Waals surface area contributed by atoms with Gasteiger partial charge >= 0.3 is 0 Å². The molecule has 4 aromatic rings. The summed E-state index contributed by atoms with van der Waals surface area (Å²) in [7, 11) is 1.49. The van der Waals surface area contributed by atoms with E-state index in [1.165, 1.54) is 11.7 Å². The van der Waals surface area contributed by atoms with Gasteiger partial charge in [-0.1, -0.05) is 29.8 Å². The Labute approximate surface area is 177 Å². The van der Waals surface area contributed by atoms with Crippen molar-refractivity contribution in [3.8, 4) is 11.4 Å². The summed E-state index contributed by atoms with van der Waals surface area (Å²) in [6.45, 7) is 1.77. The SMILES string of the molecule is COc1ccc(Cl)cc1C(=O)Nc1cccc(-n2c(C)nc3ccccc3c2=O)c1. The van der Waals surface area contributed by atoms with E-state index in [-0.39, 0.29) is 11.5 Å². The number of carbonyl (C=O) groups is 1. The molecule has 1 heterocycles. The Hall–Kier alpha value is -3.64. The van der Waals surface area contributed by atoms with E-state index in [0.717, 1.165) is 0 Å². The van der Waals surface area contributed by atoms with Crippen molar-refractivity contribution in [1.29, 1.82) is 0 Å². The van der Waals surface area contributed by atoms with Crippen molar-refractivity contribution in [1.82, 2.24) is 9.55 Å². The van der Waals surface area contributed by atoms with Gasteiger partial charge < -0.3 is 10.1 Å². The Morgan fingerprint density at radius 2 is 1.87 bits per heavy atom. The average molecular weight is 420 g/mol. The lowest BCUT2D eigenvalue weighted by molar-refractivity contribution is 0.102. The number of rotatable bonds is 4. The maximum absolute atomic E-state index is 13.0. The first-order valence-electron chi connectivity index (χ1n) is 9.21. The molecule has 0 aliphatic heterocycles. The molecule has 150 valence electrons. The molecule has 1 amide bonds. The van der Waals surface area contributed by atoms with E-state index >= 15 is 0 Å². The van der Waals surface area contributed by atoms with Crippen LogP contribution in [0.5, 0.6) is 5.75 Å². The predicted molar refractivity (Wildman–Crippen MR) is 118 cm³/mol. The number of benzene rings is 3. The number of halogens is 1. The number of nitrogens with zero attached hydrogens (tertiary/aromatic N) is 2. The van der Waals surface area contributed by atoms with Gasteiger partial charge in [-0.05, 0) is 55.5 Å². The molecule has 3 aromatic carbocycles. The second-order valence-electron chi connectivity index (χ2n) is 6.67. The Morgan fingerprint density at radius 1 is 1.07 bits per heavy atom. The minimum atomic E-state index is -0.368. The van der Waals surface area contributed by atoms with Gasteiger partial charge in [-0.3, -0.25) is 14.2 Å². The third kappa shape index (κ3) is 3.65. The molecule has 0 spiro atoms. The highest BCUT2D eigenvalue weighted by Gasteiger charge is 2.15. The normalized spacial score (nSPS) is 10.8. The predicted octanol–water partition coefficient (Wildman–Crippen LogP) is 4.61. The van der Waals surface area contributed by atoms with Gasteiger partial charge in [-0.15, -0.1) is 0 Å². The number of hydrogen-bond acceptors (Lipinski definition) is 4. The monoisotopic (exact) mass is 419 g/mol. The van der Waals surface area contributed by atoms with Crippen molar-refractivity contribution in [2.24, 2.45) is 0 Å². The van der Waals surface area contributed by atoms with Gasteiger partial charge in [0.25, 0.3) is 11.5 Å². The number of aromatic nitrogens is 2. The molecular weight excluding hydrogens is 402 g/mol. The van der Waals surface area contributed by atoms with Crippen molar-refractivity contribution in [2.45, 2.75) is 6.92 Å². The number of fused-ring (bicyclic) bond motifs is 1. The van der Waals surface area contributed by atoms with Crippen molar-refractivity contribution in [2.75, 3.05) is 12.4 Å². The zero-order valence-corrected chi connectivity index (χ0v) is 17.1. The van der Waals surface area contributed by atoms with Crippen molar-refractivity contribution >= 4 is 34.1 Å². The van der Waals surface area contributed by atoms with Gasteiger partial charge in [0.15, 0.2) is 0 Å². The van der Waals surface area contributed by atoms with E-state index in [0.29, 0.717) is 44.4 Å². The Morgan fingerprint density at radius 3 is 2.67 bits per heavy atom. The zero-order chi connectivity index (χ0) is 21.3. The molecule has 0 aliphatic carbocycles. The number of carbonyl (C=O) groups excluding carboxylic acids is 1. The van der Waals surface area contributed by atoms with Crippen LogP contribution in [-0.2, 0) is 0 Å². The van der Waals surface area contributed by atoms with Crippen molar-refractivity contribution in [3.63, 3.8) is 0 Å². The van der Waals surface area contributed by atoms with Crippen LogP contribution < -0.4 is 15.6 Å². The van der Waals surface area contributed by atoms with E-state index in [2.05, 4.69) is 10.3 Å². The first-order valence-corrected chi connectivity index (χ1v) is 9.59. The van der Waals surface area contributed by atoms with Gasteiger partial charge in [0.1, 0.15) is 11.6 Å². The van der Waals surface area contributed by atoms with Crippen molar-refractivity contribution < 1.29 is 9.53 Å². The van der Waals surface area contributed by atoms with Crippen LogP contribution in [0.1, 0.15) is 16.2 Å². The summed E-state index contributed by atoms with van der Waals surface area (Å²) < 4.78 is 6.78. The van der Waals surface area contributed by atoms with Crippen LogP contribution in [0.25, 0.3) is 16.6 Å². The Balaban J connectivity index is 1.73. The number of nitrogens with one attached hydrogen (secondary N) is 1. The Bertz CT molecular complexity index is 1330. The van der Waals surface area contributed by atoms with Crippen molar-refractivity contribution in [3.05, 3.63) is 93.5 Å². The molecule has 1 N–H and O–H groups in total. The smallest absolute Gasteiger partial charge is 0.265 e. The van der Waals surface area contributed by atoms with E-state index in [9.17, 15) is 9.59 Å². The quantitative estimate of drug-likeness (QED) is 0.524. The van der Waals surface area contributed by atoms with Crippen LogP contribution in [0, 0.1) is 6.92 Å². The third-order valence-electron chi connectivity index (χ3n) is 4.71. The molecule has 0 saturated carbocycles. The molecule has 0 fully saturated rings. The summed E-state index contributed by atoms with van der Waals surface area (Å²) >= 11 is 6.03. The summed E-state index contributed by atoms with van der Waals surface area (Å²) in [6, 6.07) is 19.1. The maximum atomic E-state index is 13.0. The number of methoxy groups -OCH3 is 1. The lowest BCUT2D eigenvalue weighted by atomic mass is 10.1. The van der Waals surface area contributed by atoms with Crippen LogP contribution in [-0.4, -0.2) is 22.6 Å². The minimum Gasteiger partial charge on any atom is -0.496 e. The minimum absolute atomic E-state index is 0.168. The molecule has 1 aromatic heterocycles. The van der Waals surface area contributed by atoms with Crippen LogP contribution in [0.15, 0.2) is 71.5 Å². The molecule has 30 heavy (non-hydrogen) atoms. The van der Waals surface area contributed by atoms with Crippen LogP contribution in [0.3, 0.4) is 0 Å². The second kappa shape index (κ2) is 8.00. The van der Waals surface area contributed by atoms with Gasteiger partial charge in [-0.25, -0.2) is 4.98 Å². The second-order valence-corrected chi connectivity index (χ2v) is 7.10. The molecule has 0 atom stereocenters. The standard InChI is InChI=1S/C23H18ClN3O3/c1-14-25-20-9-4-3-8-18(20)23(29)27(14)17-7-5-6-16(13-17)26-22(28)19-12-15(24)10-11-21(19)30-2/h3-13H,1-2H3,(H,26,28). The summed E-state index contributed by atoms with van der Waals surface area (Å²) in [4.78, 5) is 30.3. The van der Waals surface area contributed by atoms with E-state index in [1.807, 2.05) is 12.1 Å². The highest BCUT2D eigenvalue weighted by molar-refractivity contribution is 6.31. The summed E-state index contributed by atoms with van der Waals surface area (Å²) in [5.41, 5.74) is 1.92. The topological polar surface area (TPSA) is 73.2 Å². The third-order valence-corrected chi connectivity index (χ3v) is 4.95. The summed E-state index contributed by atoms with van der Waals surface area (Å²) in [5.74, 6) is 0.602. The molecular formula is C23H18ClN3O3. The zero-order valence-electron chi connectivity index (χ0n) is 16.3. The van der Waals surface area contributed by atoms with Gasteiger partial charge in [-0.2, -0.15) is 0 Å². The first kappa shape index (κ1) is 19.7. The van der Waals surface area contributed by atoms with Gasteiger partial charge in [0.05, 0.1) is 29.3 Å². The van der Waals surface area contributed by atoms with Crippen LogP contribution >= 0.6 is 11.6 Å². The number of aryl methyl sites for hydroxylation is 1. The van der Waals surface area contributed by atoms with Crippen LogP contribution in [0.4, 0.5) is 5.69 Å². The van der Waals surface area contributed by atoms with Crippen LogP contribution in [0.2, 0.25) is 5.02 Å². The summed E-state index contributed by atoms with van der Waals surface area (Å²) in [5, 5.41) is 3.79. The molecule has 0 radical (unpaired) electrons. The van der Waals surface area contributed by atoms with Gasteiger partial charge in [0, 0.05) is 10.7 Å². The van der Waals surface area contributed by atoms with E-state index in [4.69, 9.17) is 16.3 Å². The number of para-hydroxylation sites is 1.